The van der Waals surface area contributed by atoms with Gasteiger partial charge >= 0.3 is 0 Å². The zero-order chi connectivity index (χ0) is 14.7. The zero-order valence-electron chi connectivity index (χ0n) is 12.1. The fourth-order valence-corrected chi connectivity index (χ4v) is 2.66. The number of carbonyl (C=O) groups excluding carboxylic acids is 1. The lowest BCUT2D eigenvalue weighted by molar-refractivity contribution is 0.0912. The average Bonchev–Trinajstić information content (AvgIpc) is 2.43. The number of halogens is 1. The largest absolute Gasteiger partial charge is 0.386 e. The van der Waals surface area contributed by atoms with Gasteiger partial charge in [-0.3, -0.25) is 4.79 Å². The second-order valence-corrected chi connectivity index (χ2v) is 5.91. The number of rotatable bonds is 4. The van der Waals surface area contributed by atoms with Crippen molar-refractivity contribution < 1.29 is 4.79 Å². The van der Waals surface area contributed by atoms with Gasteiger partial charge in [0.2, 0.25) is 0 Å². The second kappa shape index (κ2) is 6.27. The highest BCUT2D eigenvalue weighted by Crippen LogP contribution is 2.34. The Morgan fingerprint density at radius 2 is 1.85 bits per heavy atom. The van der Waals surface area contributed by atoms with Gasteiger partial charge in [-0.05, 0) is 26.0 Å². The molecule has 20 heavy (non-hydrogen) atoms. The number of hydrogen-bond acceptors (Lipinski definition) is 2. The van der Waals surface area contributed by atoms with Gasteiger partial charge in [-0.2, -0.15) is 0 Å². The molecule has 0 aromatic heterocycles. The summed E-state index contributed by atoms with van der Waals surface area (Å²) in [6.45, 7) is 6.13. The molecule has 2 rings (SSSR count). The summed E-state index contributed by atoms with van der Waals surface area (Å²) in [5.41, 5.74) is 1.68. The van der Waals surface area contributed by atoms with Gasteiger partial charge < -0.3 is 5.32 Å². The molecule has 1 aromatic rings. The van der Waals surface area contributed by atoms with Crippen molar-refractivity contribution in [2.45, 2.75) is 26.8 Å². The van der Waals surface area contributed by atoms with Crippen molar-refractivity contribution in [3.63, 3.8) is 0 Å². The Morgan fingerprint density at radius 1 is 1.20 bits per heavy atom. The molecular formula is C17H20ClNO. The first-order valence-corrected chi connectivity index (χ1v) is 7.31. The van der Waals surface area contributed by atoms with Crippen molar-refractivity contribution in [3.8, 4) is 0 Å². The third-order valence-corrected chi connectivity index (χ3v) is 3.96. The van der Waals surface area contributed by atoms with E-state index in [9.17, 15) is 4.79 Å². The maximum atomic E-state index is 12.8. The Morgan fingerprint density at radius 3 is 2.45 bits per heavy atom. The summed E-state index contributed by atoms with van der Waals surface area (Å²) >= 11 is 6.23. The summed E-state index contributed by atoms with van der Waals surface area (Å²) in [6, 6.07) is 9.68. The lowest BCUT2D eigenvalue weighted by atomic mass is 9.81. The third-order valence-electron chi connectivity index (χ3n) is 3.49. The standard InChI is InChI=1S/C17H20ClNO/c1-11(2)19-15-10-9-14(18)12(3)16(15)17(20)13-7-5-4-6-8-13/h4-12,16,19H,1-3H3/t12-,16-/m1/s1. The Kier molecular flexibility index (Phi) is 4.66. The normalized spacial score (nSPS) is 22.2. The van der Waals surface area contributed by atoms with Gasteiger partial charge in [0.25, 0.3) is 0 Å². The number of hydrogen-bond donors (Lipinski definition) is 1. The number of nitrogens with one attached hydrogen (secondary N) is 1. The minimum Gasteiger partial charge on any atom is -0.386 e. The molecule has 3 heteroatoms. The van der Waals surface area contributed by atoms with E-state index in [1.54, 1.807) is 0 Å². The maximum Gasteiger partial charge on any atom is 0.172 e. The molecule has 2 atom stereocenters. The van der Waals surface area contributed by atoms with Gasteiger partial charge in [0.1, 0.15) is 0 Å². The van der Waals surface area contributed by atoms with Gasteiger partial charge in [0.05, 0.1) is 5.92 Å². The second-order valence-electron chi connectivity index (χ2n) is 5.47. The van der Waals surface area contributed by atoms with Crippen molar-refractivity contribution in [2.24, 2.45) is 11.8 Å². The average molecular weight is 290 g/mol. The van der Waals surface area contributed by atoms with Gasteiger partial charge in [-0.1, -0.05) is 48.9 Å². The van der Waals surface area contributed by atoms with E-state index in [4.69, 9.17) is 11.6 Å². The molecule has 0 spiro atoms. The van der Waals surface area contributed by atoms with Crippen molar-refractivity contribution in [1.82, 2.24) is 5.32 Å². The van der Waals surface area contributed by atoms with Crippen molar-refractivity contribution in [3.05, 3.63) is 58.8 Å². The lowest BCUT2D eigenvalue weighted by Crippen LogP contribution is -2.35. The maximum absolute atomic E-state index is 12.8. The molecular weight excluding hydrogens is 270 g/mol. The molecule has 1 N–H and O–H groups in total. The van der Waals surface area contributed by atoms with Crippen LogP contribution in [0.2, 0.25) is 0 Å². The summed E-state index contributed by atoms with van der Waals surface area (Å²) in [6.07, 6.45) is 3.81. The molecule has 2 nitrogen and oxygen atoms in total. The van der Waals surface area contributed by atoms with Crippen molar-refractivity contribution >= 4 is 17.4 Å². The molecule has 1 aliphatic rings. The fraction of sp³-hybridized carbons (Fsp3) is 0.353. The Balaban J connectivity index is 2.33. The van der Waals surface area contributed by atoms with Crippen LogP contribution in [0.1, 0.15) is 31.1 Å². The van der Waals surface area contributed by atoms with Crippen LogP contribution >= 0.6 is 11.6 Å². The van der Waals surface area contributed by atoms with E-state index in [1.807, 2.05) is 49.4 Å². The predicted molar refractivity (Wildman–Crippen MR) is 83.7 cm³/mol. The van der Waals surface area contributed by atoms with Crippen LogP contribution in [0, 0.1) is 11.8 Å². The molecule has 0 saturated heterocycles. The predicted octanol–water partition coefficient (Wildman–Crippen LogP) is 4.14. The van der Waals surface area contributed by atoms with Crippen molar-refractivity contribution in [2.75, 3.05) is 0 Å². The van der Waals surface area contributed by atoms with Gasteiger partial charge in [0, 0.05) is 28.3 Å². The summed E-state index contributed by atoms with van der Waals surface area (Å²) in [7, 11) is 0. The van der Waals surface area contributed by atoms with Gasteiger partial charge in [0.15, 0.2) is 5.78 Å². The molecule has 0 unspecified atom stereocenters. The number of benzene rings is 1. The number of ketones is 1. The lowest BCUT2D eigenvalue weighted by Gasteiger charge is -2.30. The zero-order valence-corrected chi connectivity index (χ0v) is 12.8. The van der Waals surface area contributed by atoms with Crippen LogP contribution in [-0.2, 0) is 0 Å². The van der Waals surface area contributed by atoms with Crippen LogP contribution in [0.5, 0.6) is 0 Å². The van der Waals surface area contributed by atoms with E-state index in [1.165, 1.54) is 0 Å². The molecule has 1 aliphatic carbocycles. The number of carbonyl (C=O) groups is 1. The fourth-order valence-electron chi connectivity index (χ4n) is 2.47. The number of allylic oxidation sites excluding steroid dienone is 4. The Labute approximate surface area is 125 Å². The van der Waals surface area contributed by atoms with E-state index in [0.717, 1.165) is 16.3 Å². The molecule has 0 amide bonds. The van der Waals surface area contributed by atoms with Crippen LogP contribution in [0.15, 0.2) is 53.2 Å². The van der Waals surface area contributed by atoms with Crippen LogP contribution in [0.3, 0.4) is 0 Å². The molecule has 0 radical (unpaired) electrons. The first-order chi connectivity index (χ1) is 9.50. The van der Waals surface area contributed by atoms with E-state index >= 15 is 0 Å². The Bertz CT molecular complexity index is 545. The molecule has 0 heterocycles. The van der Waals surface area contributed by atoms with Gasteiger partial charge in [-0.25, -0.2) is 0 Å². The monoisotopic (exact) mass is 289 g/mol. The molecule has 0 aliphatic heterocycles. The van der Waals surface area contributed by atoms with Crippen LogP contribution < -0.4 is 5.32 Å². The van der Waals surface area contributed by atoms with Crippen LogP contribution in [0.4, 0.5) is 0 Å². The van der Waals surface area contributed by atoms with Crippen LogP contribution in [-0.4, -0.2) is 11.8 Å². The molecule has 1 aromatic carbocycles. The smallest absolute Gasteiger partial charge is 0.172 e. The minimum atomic E-state index is -0.239. The van der Waals surface area contributed by atoms with E-state index in [2.05, 4.69) is 19.2 Å². The van der Waals surface area contributed by atoms with E-state index < -0.39 is 0 Å². The quantitative estimate of drug-likeness (QED) is 0.844. The van der Waals surface area contributed by atoms with Crippen LogP contribution in [0.25, 0.3) is 0 Å². The highest BCUT2D eigenvalue weighted by atomic mass is 35.5. The Hall–Kier alpha value is -1.54. The highest BCUT2D eigenvalue weighted by Gasteiger charge is 2.33. The summed E-state index contributed by atoms with van der Waals surface area (Å²) in [5.74, 6) is -0.128. The molecule has 0 saturated carbocycles. The number of Topliss-reactive ketones (excluding diaryl/α,β-unsaturated/α-hetero) is 1. The summed E-state index contributed by atoms with van der Waals surface area (Å²) < 4.78 is 0. The highest BCUT2D eigenvalue weighted by molar-refractivity contribution is 6.30. The van der Waals surface area contributed by atoms with E-state index in [-0.39, 0.29) is 23.7 Å². The SMILES string of the molecule is CC(C)NC1=CC=C(Cl)[C@@H](C)[C@H]1C(=O)c1ccccc1. The summed E-state index contributed by atoms with van der Waals surface area (Å²) in [5, 5.41) is 4.10. The topological polar surface area (TPSA) is 29.1 Å². The summed E-state index contributed by atoms with van der Waals surface area (Å²) in [4.78, 5) is 12.8. The third kappa shape index (κ3) is 3.13. The van der Waals surface area contributed by atoms with E-state index in [0.29, 0.717) is 0 Å². The first kappa shape index (κ1) is 14.9. The molecule has 106 valence electrons. The molecule has 0 fully saturated rings. The van der Waals surface area contributed by atoms with Gasteiger partial charge in [-0.15, -0.1) is 0 Å². The van der Waals surface area contributed by atoms with Crippen molar-refractivity contribution in [1.29, 1.82) is 0 Å². The molecule has 0 bridgehead atoms. The minimum absolute atomic E-state index is 0.00405. The first-order valence-electron chi connectivity index (χ1n) is 6.93.